The third kappa shape index (κ3) is 2.80. The van der Waals surface area contributed by atoms with E-state index in [0.717, 1.165) is 35.5 Å². The van der Waals surface area contributed by atoms with Gasteiger partial charge in [0.25, 0.3) is 0 Å². The lowest BCUT2D eigenvalue weighted by Crippen LogP contribution is -2.27. The topological polar surface area (TPSA) is 69.6 Å². The van der Waals surface area contributed by atoms with Crippen molar-refractivity contribution < 1.29 is 0 Å². The molecule has 0 amide bonds. The van der Waals surface area contributed by atoms with Gasteiger partial charge in [0, 0.05) is 35.5 Å². The molecule has 0 bridgehead atoms. The van der Waals surface area contributed by atoms with Crippen molar-refractivity contribution in [2.75, 3.05) is 6.54 Å². The van der Waals surface area contributed by atoms with Gasteiger partial charge >= 0.3 is 0 Å². The number of hydrogen-bond acceptors (Lipinski definition) is 4. The number of fused-ring (bicyclic) bond motifs is 1. The number of hydrogen-bond donors (Lipinski definition) is 1. The van der Waals surface area contributed by atoms with Gasteiger partial charge in [0.2, 0.25) is 0 Å². The molecule has 5 rings (SSSR count). The largest absolute Gasteiger partial charge is 0.330 e. The molecule has 2 N–H and O–H groups in total. The molecule has 0 spiro atoms. The van der Waals surface area contributed by atoms with Crippen molar-refractivity contribution in [3.8, 4) is 11.3 Å². The van der Waals surface area contributed by atoms with E-state index >= 15 is 0 Å². The zero-order valence-electron chi connectivity index (χ0n) is 15.0. The Hall–Kier alpha value is -2.27. The Morgan fingerprint density at radius 1 is 1.12 bits per heavy atom. The molecule has 134 valence electrons. The molecule has 0 atom stereocenters. The molecule has 2 fully saturated rings. The van der Waals surface area contributed by atoms with Gasteiger partial charge in [0.1, 0.15) is 0 Å². The Morgan fingerprint density at radius 3 is 2.81 bits per heavy atom. The van der Waals surface area contributed by atoms with E-state index in [2.05, 4.69) is 21.9 Å². The summed E-state index contributed by atoms with van der Waals surface area (Å²) in [7, 11) is 0. The highest BCUT2D eigenvalue weighted by Crippen LogP contribution is 2.46. The molecule has 2 aliphatic rings. The highest BCUT2D eigenvalue weighted by Gasteiger charge is 2.35. The van der Waals surface area contributed by atoms with Gasteiger partial charge in [0.05, 0.1) is 22.9 Å². The van der Waals surface area contributed by atoms with Crippen molar-refractivity contribution in [1.29, 1.82) is 0 Å². The summed E-state index contributed by atoms with van der Waals surface area (Å²) in [6.07, 6.45) is 13.3. The van der Waals surface area contributed by atoms with E-state index in [-0.39, 0.29) is 0 Å². The number of rotatable bonds is 6. The fourth-order valence-corrected chi connectivity index (χ4v) is 4.19. The maximum Gasteiger partial charge on any atom is 0.0999 e. The molecule has 5 heteroatoms. The molecule has 3 aromatic heterocycles. The zero-order valence-corrected chi connectivity index (χ0v) is 15.0. The van der Waals surface area contributed by atoms with Crippen LogP contribution in [0.5, 0.6) is 0 Å². The summed E-state index contributed by atoms with van der Waals surface area (Å²) in [6.45, 7) is 0.804. The zero-order chi connectivity index (χ0) is 17.5. The molecular weight excluding hydrogens is 322 g/mol. The van der Waals surface area contributed by atoms with Crippen LogP contribution in [0.4, 0.5) is 0 Å². The summed E-state index contributed by atoms with van der Waals surface area (Å²) in [5, 5.41) is 6.15. The van der Waals surface area contributed by atoms with Crippen molar-refractivity contribution in [2.45, 2.75) is 50.5 Å². The van der Waals surface area contributed by atoms with Crippen LogP contribution in [0.15, 0.2) is 36.8 Å². The molecular formula is C21H25N5. The van der Waals surface area contributed by atoms with Crippen LogP contribution in [0, 0.1) is 5.92 Å². The number of nitrogens with zero attached hydrogens (tertiary/aromatic N) is 4. The lowest BCUT2D eigenvalue weighted by atomic mass is 9.77. The van der Waals surface area contributed by atoms with Crippen molar-refractivity contribution in [3.05, 3.63) is 42.5 Å². The van der Waals surface area contributed by atoms with Gasteiger partial charge in [-0.2, -0.15) is 5.10 Å². The summed E-state index contributed by atoms with van der Waals surface area (Å²) in [4.78, 5) is 9.29. The van der Waals surface area contributed by atoms with E-state index in [9.17, 15) is 0 Å². The van der Waals surface area contributed by atoms with Gasteiger partial charge < -0.3 is 5.73 Å². The first-order valence-electron chi connectivity index (χ1n) is 9.82. The molecule has 3 heterocycles. The van der Waals surface area contributed by atoms with Gasteiger partial charge in [-0.25, -0.2) is 0 Å². The van der Waals surface area contributed by atoms with Crippen LogP contribution < -0.4 is 5.73 Å². The molecule has 0 saturated heterocycles. The minimum Gasteiger partial charge on any atom is -0.330 e. The second kappa shape index (κ2) is 6.47. The number of aromatic nitrogens is 4. The van der Waals surface area contributed by atoms with Crippen molar-refractivity contribution in [1.82, 2.24) is 19.7 Å². The first kappa shape index (κ1) is 15.9. The second-order valence-electron chi connectivity index (χ2n) is 7.84. The lowest BCUT2D eigenvalue weighted by Gasteiger charge is -2.35. The summed E-state index contributed by atoms with van der Waals surface area (Å²) in [6, 6.07) is 6.64. The van der Waals surface area contributed by atoms with Gasteiger partial charge in [-0.15, -0.1) is 0 Å². The van der Waals surface area contributed by atoms with E-state index in [1.165, 1.54) is 43.4 Å². The molecule has 26 heavy (non-hydrogen) atoms. The molecule has 3 aromatic rings. The molecule has 0 aromatic carbocycles. The van der Waals surface area contributed by atoms with Crippen molar-refractivity contribution in [2.24, 2.45) is 11.7 Å². The molecule has 0 unspecified atom stereocenters. The number of pyridine rings is 2. The normalized spacial score (nSPS) is 22.5. The maximum atomic E-state index is 5.64. The summed E-state index contributed by atoms with van der Waals surface area (Å²) in [5.74, 6) is 1.41. The van der Waals surface area contributed by atoms with E-state index in [1.807, 2.05) is 24.5 Å². The monoisotopic (exact) mass is 347 g/mol. The maximum absolute atomic E-state index is 5.64. The Balaban J connectivity index is 1.48. The Labute approximate surface area is 153 Å². The highest BCUT2D eigenvalue weighted by molar-refractivity contribution is 5.91. The highest BCUT2D eigenvalue weighted by atomic mass is 15.3. The van der Waals surface area contributed by atoms with Crippen LogP contribution in [0.1, 0.15) is 56.2 Å². The quantitative estimate of drug-likeness (QED) is 0.730. The van der Waals surface area contributed by atoms with Crippen molar-refractivity contribution in [3.63, 3.8) is 0 Å². The molecule has 0 aliphatic heterocycles. The van der Waals surface area contributed by atoms with Crippen molar-refractivity contribution >= 4 is 10.9 Å². The first-order valence-corrected chi connectivity index (χ1v) is 9.82. The lowest BCUT2D eigenvalue weighted by molar-refractivity contribution is 0.171. The minimum atomic E-state index is 0.534. The smallest absolute Gasteiger partial charge is 0.0999 e. The second-order valence-corrected chi connectivity index (χ2v) is 7.84. The third-order valence-electron chi connectivity index (χ3n) is 5.90. The van der Waals surface area contributed by atoms with Crippen LogP contribution in [-0.2, 0) is 0 Å². The molecule has 0 radical (unpaired) electrons. The van der Waals surface area contributed by atoms with Gasteiger partial charge in [-0.1, -0.05) is 6.07 Å². The number of nitrogens with two attached hydrogens (primary N) is 1. The predicted molar refractivity (Wildman–Crippen MR) is 103 cm³/mol. The van der Waals surface area contributed by atoms with E-state index in [4.69, 9.17) is 15.8 Å². The average molecular weight is 347 g/mol. The van der Waals surface area contributed by atoms with Gasteiger partial charge in [-0.3, -0.25) is 14.6 Å². The van der Waals surface area contributed by atoms with Gasteiger partial charge in [-0.05, 0) is 63.1 Å². The fraction of sp³-hybridized carbons (Fsp3) is 0.476. The molecule has 2 saturated carbocycles. The SMILES string of the molecule is NCCC[C@H]1C[C@H](n2cc(-c3nccc4cccnc34)c(C3CC3)n2)C1. The standard InChI is InChI=1S/C21H25N5/c22-8-1-3-14-11-17(12-14)26-13-18(19(25-26)16-5-6-16)21-20-15(7-10-24-21)4-2-9-23-20/h2,4,7,9-10,13-14,16-17H,1,3,5-6,8,11-12,22H2/t14-,17-. The molecule has 2 aliphatic carbocycles. The van der Waals surface area contributed by atoms with Crippen LogP contribution >= 0.6 is 0 Å². The van der Waals surface area contributed by atoms with Crippen LogP contribution in [-0.4, -0.2) is 26.3 Å². The Bertz CT molecular complexity index is 916. The third-order valence-corrected chi connectivity index (χ3v) is 5.90. The average Bonchev–Trinajstić information content (AvgIpc) is 3.40. The predicted octanol–water partition coefficient (Wildman–Crippen LogP) is 4.06. The summed E-state index contributed by atoms with van der Waals surface area (Å²) < 4.78 is 2.21. The van der Waals surface area contributed by atoms with E-state index in [1.54, 1.807) is 0 Å². The summed E-state index contributed by atoms with van der Waals surface area (Å²) >= 11 is 0. The van der Waals surface area contributed by atoms with Gasteiger partial charge in [0.15, 0.2) is 0 Å². The first-order chi connectivity index (χ1) is 12.8. The Morgan fingerprint density at radius 2 is 2.00 bits per heavy atom. The van der Waals surface area contributed by atoms with E-state index < -0.39 is 0 Å². The van der Waals surface area contributed by atoms with E-state index in [0.29, 0.717) is 12.0 Å². The molecule has 5 nitrogen and oxygen atoms in total. The van der Waals surface area contributed by atoms with Crippen LogP contribution in [0.25, 0.3) is 22.2 Å². The van der Waals surface area contributed by atoms with Crippen LogP contribution in [0.2, 0.25) is 0 Å². The Kier molecular flexibility index (Phi) is 3.97. The minimum absolute atomic E-state index is 0.534. The summed E-state index contributed by atoms with van der Waals surface area (Å²) in [5.41, 5.74) is 10.0. The fourth-order valence-electron chi connectivity index (χ4n) is 4.19. The van der Waals surface area contributed by atoms with Crippen LogP contribution in [0.3, 0.4) is 0 Å².